The first kappa shape index (κ1) is 18.0. The lowest BCUT2D eigenvalue weighted by Crippen LogP contribution is -2.20. The highest BCUT2D eigenvalue weighted by Crippen LogP contribution is 2.37. The summed E-state index contributed by atoms with van der Waals surface area (Å²) in [5.74, 6) is 1.03. The summed E-state index contributed by atoms with van der Waals surface area (Å²) >= 11 is 6.12. The molecule has 0 atom stereocenters. The molecule has 1 aliphatic carbocycles. The molecule has 0 bridgehead atoms. The minimum Gasteiger partial charge on any atom is -0.385 e. The Kier molecular flexibility index (Phi) is 4.57. The Balaban J connectivity index is 1.25. The van der Waals surface area contributed by atoms with Crippen LogP contribution in [0.1, 0.15) is 42.9 Å². The maximum absolute atomic E-state index is 8.99. The molecule has 0 spiro atoms. The number of nitrogens with zero attached hydrogens (tertiary/aromatic N) is 5. The number of fused-ring (bicyclic) bond motifs is 3. The molecule has 3 heterocycles. The summed E-state index contributed by atoms with van der Waals surface area (Å²) in [5, 5.41) is 22.8. The van der Waals surface area contributed by atoms with Crippen molar-refractivity contribution < 1.29 is 0 Å². The van der Waals surface area contributed by atoms with E-state index in [1.165, 1.54) is 0 Å². The van der Waals surface area contributed by atoms with Crippen molar-refractivity contribution in [2.75, 3.05) is 11.9 Å². The lowest BCUT2D eigenvalue weighted by atomic mass is 9.80. The van der Waals surface area contributed by atoms with Crippen LogP contribution in [0, 0.1) is 17.2 Å². The van der Waals surface area contributed by atoms with Crippen LogP contribution >= 0.6 is 11.6 Å². The maximum atomic E-state index is 8.99. The number of H-pyrrole nitrogens is 1. The van der Waals surface area contributed by atoms with E-state index in [2.05, 4.69) is 31.7 Å². The zero-order chi connectivity index (χ0) is 19.8. The van der Waals surface area contributed by atoms with Gasteiger partial charge in [0.1, 0.15) is 23.6 Å². The molecule has 0 radical (unpaired) electrons. The molecular formula is C21H20ClN7. The second-order valence-electron chi connectivity index (χ2n) is 7.66. The quantitative estimate of drug-likeness (QED) is 0.520. The van der Waals surface area contributed by atoms with Gasteiger partial charge in [-0.1, -0.05) is 16.8 Å². The van der Waals surface area contributed by atoms with Gasteiger partial charge in [0.2, 0.25) is 0 Å². The summed E-state index contributed by atoms with van der Waals surface area (Å²) in [4.78, 5) is 7.55. The van der Waals surface area contributed by atoms with Gasteiger partial charge < -0.3 is 10.3 Å². The van der Waals surface area contributed by atoms with Gasteiger partial charge in [0.25, 0.3) is 0 Å². The summed E-state index contributed by atoms with van der Waals surface area (Å²) in [6.07, 6.45) is 8.12. The highest BCUT2D eigenvalue weighted by atomic mass is 35.5. The highest BCUT2D eigenvalue weighted by Gasteiger charge is 2.26. The molecule has 146 valence electrons. The van der Waals surface area contributed by atoms with Gasteiger partial charge in [-0.2, -0.15) is 5.26 Å². The average molecular weight is 406 g/mol. The van der Waals surface area contributed by atoms with Gasteiger partial charge in [0.15, 0.2) is 0 Å². The van der Waals surface area contributed by atoms with Crippen molar-refractivity contribution in [3.63, 3.8) is 0 Å². The third-order valence-corrected chi connectivity index (χ3v) is 6.23. The lowest BCUT2D eigenvalue weighted by Gasteiger charge is -2.28. The molecule has 1 fully saturated rings. The smallest absolute Gasteiger partial charge is 0.141 e. The molecule has 8 heteroatoms. The Labute approximate surface area is 172 Å². The van der Waals surface area contributed by atoms with Gasteiger partial charge in [-0.3, -0.25) is 0 Å². The molecule has 1 saturated carbocycles. The molecular weight excluding hydrogens is 386 g/mol. The molecule has 0 unspecified atom stereocenters. The van der Waals surface area contributed by atoms with Gasteiger partial charge >= 0.3 is 0 Å². The molecule has 5 rings (SSSR count). The van der Waals surface area contributed by atoms with E-state index < -0.39 is 0 Å². The zero-order valence-corrected chi connectivity index (χ0v) is 16.5. The van der Waals surface area contributed by atoms with Gasteiger partial charge in [-0.15, -0.1) is 5.10 Å². The van der Waals surface area contributed by atoms with E-state index in [1.807, 2.05) is 24.4 Å². The molecule has 4 aromatic rings. The van der Waals surface area contributed by atoms with Crippen molar-refractivity contribution >= 4 is 33.8 Å². The topological polar surface area (TPSA) is 94.7 Å². The van der Waals surface area contributed by atoms with Crippen molar-refractivity contribution in [1.29, 1.82) is 5.26 Å². The first-order chi connectivity index (χ1) is 14.2. The number of nitriles is 1. The minimum atomic E-state index is 0.425. The van der Waals surface area contributed by atoms with E-state index in [-0.39, 0.29) is 0 Å². The number of nitrogens with one attached hydrogen (secondary N) is 2. The third-order valence-electron chi connectivity index (χ3n) is 5.91. The van der Waals surface area contributed by atoms with E-state index in [0.717, 1.165) is 60.2 Å². The van der Waals surface area contributed by atoms with Crippen LogP contribution in [0.3, 0.4) is 0 Å². The second kappa shape index (κ2) is 7.37. The van der Waals surface area contributed by atoms with E-state index in [0.29, 0.717) is 22.4 Å². The zero-order valence-electron chi connectivity index (χ0n) is 15.8. The number of anilines is 1. The summed E-state index contributed by atoms with van der Waals surface area (Å²) in [6, 6.07) is 9.63. The van der Waals surface area contributed by atoms with Crippen molar-refractivity contribution in [3.05, 3.63) is 53.1 Å². The SMILES string of the molecule is N#Cc1ccc(NCC2CCC(c3nnn4cnc5[nH]ccc5c34)CC2)cc1Cl. The predicted molar refractivity (Wildman–Crippen MR) is 112 cm³/mol. The van der Waals surface area contributed by atoms with E-state index in [4.69, 9.17) is 16.9 Å². The molecule has 2 N–H and O–H groups in total. The Morgan fingerprint density at radius 2 is 2.10 bits per heavy atom. The Hall–Kier alpha value is -3.11. The van der Waals surface area contributed by atoms with Gasteiger partial charge in [0.05, 0.1) is 16.3 Å². The van der Waals surface area contributed by atoms with Crippen LogP contribution in [0.15, 0.2) is 36.8 Å². The normalized spacial score (nSPS) is 19.4. The number of hydrogen-bond acceptors (Lipinski definition) is 5. The molecule has 7 nitrogen and oxygen atoms in total. The number of rotatable bonds is 4. The Morgan fingerprint density at radius 1 is 1.24 bits per heavy atom. The number of aromatic amines is 1. The number of halogens is 1. The predicted octanol–water partition coefficient (Wildman–Crippen LogP) is 4.52. The average Bonchev–Trinajstić information content (AvgIpc) is 3.39. The van der Waals surface area contributed by atoms with Crippen LogP contribution in [-0.2, 0) is 0 Å². The molecule has 1 aliphatic rings. The third kappa shape index (κ3) is 3.30. The fraction of sp³-hybridized carbons (Fsp3) is 0.333. The summed E-state index contributed by atoms with van der Waals surface area (Å²) < 4.78 is 1.79. The first-order valence-electron chi connectivity index (χ1n) is 9.83. The van der Waals surface area contributed by atoms with Gasteiger partial charge in [-0.25, -0.2) is 9.50 Å². The maximum Gasteiger partial charge on any atom is 0.141 e. The highest BCUT2D eigenvalue weighted by molar-refractivity contribution is 6.32. The fourth-order valence-corrected chi connectivity index (χ4v) is 4.53. The number of benzene rings is 1. The van der Waals surface area contributed by atoms with E-state index in [1.54, 1.807) is 16.9 Å². The van der Waals surface area contributed by atoms with Crippen LogP contribution in [0.4, 0.5) is 5.69 Å². The summed E-state index contributed by atoms with van der Waals surface area (Å²) in [6.45, 7) is 0.906. The van der Waals surface area contributed by atoms with Crippen LogP contribution < -0.4 is 5.32 Å². The minimum absolute atomic E-state index is 0.425. The molecule has 3 aromatic heterocycles. The monoisotopic (exact) mass is 405 g/mol. The van der Waals surface area contributed by atoms with Crippen LogP contribution in [0.25, 0.3) is 16.6 Å². The summed E-state index contributed by atoms with van der Waals surface area (Å²) in [5.41, 5.74) is 4.50. The standard InChI is InChI=1S/C21H20ClN7/c22-18-9-16(6-5-15(18)10-23)25-11-13-1-3-14(4-2-13)19-20-17-7-8-24-21(17)26-12-29(20)28-27-19/h5-9,12-14,24-25H,1-4,11H2. The van der Waals surface area contributed by atoms with Crippen molar-refractivity contribution in [1.82, 2.24) is 24.8 Å². The largest absolute Gasteiger partial charge is 0.385 e. The van der Waals surface area contributed by atoms with Crippen LogP contribution in [-0.4, -0.2) is 31.3 Å². The Bertz CT molecular complexity index is 1210. The van der Waals surface area contributed by atoms with Crippen molar-refractivity contribution in [2.24, 2.45) is 5.92 Å². The second-order valence-corrected chi connectivity index (χ2v) is 8.06. The summed E-state index contributed by atoms with van der Waals surface area (Å²) in [7, 11) is 0. The van der Waals surface area contributed by atoms with Gasteiger partial charge in [0, 0.05) is 29.7 Å². The fourth-order valence-electron chi connectivity index (χ4n) is 4.31. The van der Waals surface area contributed by atoms with Crippen LogP contribution in [0.2, 0.25) is 5.02 Å². The van der Waals surface area contributed by atoms with Crippen molar-refractivity contribution in [3.8, 4) is 6.07 Å². The Morgan fingerprint density at radius 3 is 2.90 bits per heavy atom. The molecule has 0 amide bonds. The van der Waals surface area contributed by atoms with Gasteiger partial charge in [-0.05, 0) is 55.9 Å². The number of aromatic nitrogens is 5. The molecule has 29 heavy (non-hydrogen) atoms. The first-order valence-corrected chi connectivity index (χ1v) is 10.2. The van der Waals surface area contributed by atoms with Crippen LogP contribution in [0.5, 0.6) is 0 Å². The lowest BCUT2D eigenvalue weighted by molar-refractivity contribution is 0.336. The molecule has 1 aromatic carbocycles. The van der Waals surface area contributed by atoms with Crippen molar-refractivity contribution in [2.45, 2.75) is 31.6 Å². The van der Waals surface area contributed by atoms with E-state index >= 15 is 0 Å². The molecule has 0 saturated heterocycles. The number of hydrogen-bond donors (Lipinski definition) is 2. The molecule has 0 aliphatic heterocycles. The van der Waals surface area contributed by atoms with E-state index in [9.17, 15) is 0 Å².